The Morgan fingerprint density at radius 2 is 2.23 bits per heavy atom. The van der Waals surface area contributed by atoms with E-state index in [-0.39, 0.29) is 5.91 Å². The SMILES string of the molecule is CCOc1cc(C(=O)Nc2nc3ccc(Cl)cc3s2)ccn1. The molecule has 1 amide bonds. The van der Waals surface area contributed by atoms with Gasteiger partial charge in [-0.3, -0.25) is 10.1 Å². The summed E-state index contributed by atoms with van der Waals surface area (Å²) in [5, 5.41) is 3.95. The fourth-order valence-corrected chi connectivity index (χ4v) is 3.04. The molecule has 0 unspecified atom stereocenters. The van der Waals surface area contributed by atoms with E-state index in [4.69, 9.17) is 16.3 Å². The molecule has 1 N–H and O–H groups in total. The largest absolute Gasteiger partial charge is 0.478 e. The predicted octanol–water partition coefficient (Wildman–Crippen LogP) is 4.00. The maximum Gasteiger partial charge on any atom is 0.257 e. The number of halogens is 1. The predicted molar refractivity (Wildman–Crippen MR) is 88.0 cm³/mol. The van der Waals surface area contributed by atoms with Gasteiger partial charge in [0.05, 0.1) is 16.8 Å². The van der Waals surface area contributed by atoms with Gasteiger partial charge in [-0.15, -0.1) is 0 Å². The van der Waals surface area contributed by atoms with Crippen molar-refractivity contribution in [3.05, 3.63) is 47.1 Å². The summed E-state index contributed by atoms with van der Waals surface area (Å²) in [5.74, 6) is 0.166. The molecular weight excluding hydrogens is 322 g/mol. The van der Waals surface area contributed by atoms with Crippen LogP contribution in [0.4, 0.5) is 5.13 Å². The Morgan fingerprint density at radius 3 is 3.05 bits per heavy atom. The zero-order valence-corrected chi connectivity index (χ0v) is 13.2. The number of rotatable bonds is 4. The van der Waals surface area contributed by atoms with Crippen LogP contribution in [-0.4, -0.2) is 22.5 Å². The van der Waals surface area contributed by atoms with Crippen LogP contribution in [0.25, 0.3) is 10.2 Å². The van der Waals surface area contributed by atoms with Gasteiger partial charge in [-0.25, -0.2) is 9.97 Å². The Kier molecular flexibility index (Phi) is 4.22. The summed E-state index contributed by atoms with van der Waals surface area (Å²) in [5.41, 5.74) is 1.27. The lowest BCUT2D eigenvalue weighted by Gasteiger charge is -2.04. The molecule has 0 fully saturated rings. The molecule has 0 spiro atoms. The number of fused-ring (bicyclic) bond motifs is 1. The van der Waals surface area contributed by atoms with E-state index in [1.807, 2.05) is 19.1 Å². The van der Waals surface area contributed by atoms with Gasteiger partial charge < -0.3 is 4.74 Å². The Morgan fingerprint density at radius 1 is 1.36 bits per heavy atom. The third-order valence-electron chi connectivity index (χ3n) is 2.86. The zero-order chi connectivity index (χ0) is 15.5. The number of anilines is 1. The summed E-state index contributed by atoms with van der Waals surface area (Å²) in [6.07, 6.45) is 1.54. The van der Waals surface area contributed by atoms with E-state index >= 15 is 0 Å². The summed E-state index contributed by atoms with van der Waals surface area (Å²) in [6.45, 7) is 2.36. The quantitative estimate of drug-likeness (QED) is 0.784. The molecule has 3 aromatic rings. The molecule has 0 bridgehead atoms. The molecule has 0 saturated carbocycles. The van der Waals surface area contributed by atoms with Gasteiger partial charge in [-0.1, -0.05) is 22.9 Å². The number of carbonyl (C=O) groups is 1. The van der Waals surface area contributed by atoms with Crippen LogP contribution in [0.3, 0.4) is 0 Å². The highest BCUT2D eigenvalue weighted by Gasteiger charge is 2.11. The number of ether oxygens (including phenoxy) is 1. The molecule has 112 valence electrons. The second-order valence-electron chi connectivity index (χ2n) is 4.40. The van der Waals surface area contributed by atoms with Crippen molar-refractivity contribution in [2.24, 2.45) is 0 Å². The maximum atomic E-state index is 12.3. The molecule has 5 nitrogen and oxygen atoms in total. The van der Waals surface area contributed by atoms with Crippen molar-refractivity contribution in [2.45, 2.75) is 6.92 Å². The van der Waals surface area contributed by atoms with Gasteiger partial charge in [0.25, 0.3) is 5.91 Å². The van der Waals surface area contributed by atoms with Gasteiger partial charge in [0.15, 0.2) is 5.13 Å². The van der Waals surface area contributed by atoms with E-state index in [0.717, 1.165) is 10.2 Å². The summed E-state index contributed by atoms with van der Waals surface area (Å²) in [7, 11) is 0. The third kappa shape index (κ3) is 3.18. The van der Waals surface area contributed by atoms with Crippen molar-refractivity contribution in [2.75, 3.05) is 11.9 Å². The molecule has 0 atom stereocenters. The number of nitrogens with zero attached hydrogens (tertiary/aromatic N) is 2. The molecule has 7 heteroatoms. The molecule has 0 aliphatic heterocycles. The normalized spacial score (nSPS) is 10.6. The highest BCUT2D eigenvalue weighted by atomic mass is 35.5. The topological polar surface area (TPSA) is 64.1 Å². The van der Waals surface area contributed by atoms with Crippen molar-refractivity contribution < 1.29 is 9.53 Å². The minimum atomic E-state index is -0.256. The van der Waals surface area contributed by atoms with Crippen molar-refractivity contribution in [1.82, 2.24) is 9.97 Å². The van der Waals surface area contributed by atoms with Crippen LogP contribution in [0, 0.1) is 0 Å². The number of pyridine rings is 1. The van der Waals surface area contributed by atoms with Crippen LogP contribution in [0.2, 0.25) is 5.02 Å². The van der Waals surface area contributed by atoms with Gasteiger partial charge in [0.1, 0.15) is 0 Å². The molecule has 0 aliphatic carbocycles. The second-order valence-corrected chi connectivity index (χ2v) is 5.87. The van der Waals surface area contributed by atoms with Crippen LogP contribution in [0.5, 0.6) is 5.88 Å². The summed E-state index contributed by atoms with van der Waals surface area (Å²) in [4.78, 5) is 20.7. The van der Waals surface area contributed by atoms with Crippen molar-refractivity contribution in [1.29, 1.82) is 0 Å². The van der Waals surface area contributed by atoms with Crippen molar-refractivity contribution in [3.63, 3.8) is 0 Å². The number of benzene rings is 1. The van der Waals surface area contributed by atoms with Gasteiger partial charge in [0, 0.05) is 22.8 Å². The molecule has 2 aromatic heterocycles. The van der Waals surface area contributed by atoms with Gasteiger partial charge in [0.2, 0.25) is 5.88 Å². The van der Waals surface area contributed by atoms with Crippen molar-refractivity contribution >= 4 is 44.2 Å². The number of thiazole rings is 1. The average molecular weight is 334 g/mol. The van der Waals surface area contributed by atoms with Gasteiger partial charge >= 0.3 is 0 Å². The highest BCUT2D eigenvalue weighted by Crippen LogP contribution is 2.28. The highest BCUT2D eigenvalue weighted by molar-refractivity contribution is 7.22. The molecular formula is C15H12ClN3O2S. The lowest BCUT2D eigenvalue weighted by atomic mass is 10.2. The van der Waals surface area contributed by atoms with Gasteiger partial charge in [-0.2, -0.15) is 0 Å². The first kappa shape index (κ1) is 14.7. The minimum Gasteiger partial charge on any atom is -0.478 e. The first-order valence-electron chi connectivity index (χ1n) is 6.62. The van der Waals surface area contributed by atoms with Crippen LogP contribution in [-0.2, 0) is 0 Å². The second kappa shape index (κ2) is 6.29. The number of carbonyl (C=O) groups excluding carboxylic acids is 1. The molecule has 22 heavy (non-hydrogen) atoms. The smallest absolute Gasteiger partial charge is 0.257 e. The lowest BCUT2D eigenvalue weighted by molar-refractivity contribution is 0.102. The molecule has 0 saturated heterocycles. The average Bonchev–Trinajstić information content (AvgIpc) is 2.89. The Hall–Kier alpha value is -2.18. The standard InChI is InChI=1S/C15H12ClN3O2S/c1-2-21-13-7-9(5-6-17-13)14(20)19-15-18-11-4-3-10(16)8-12(11)22-15/h3-8H,2H2,1H3,(H,18,19,20). The number of amides is 1. The Bertz CT molecular complexity index is 835. The summed E-state index contributed by atoms with van der Waals surface area (Å²) in [6, 6.07) is 8.64. The Balaban J connectivity index is 1.81. The van der Waals surface area contributed by atoms with Crippen LogP contribution in [0.1, 0.15) is 17.3 Å². The lowest BCUT2D eigenvalue weighted by Crippen LogP contribution is -2.12. The van der Waals surface area contributed by atoms with Crippen LogP contribution < -0.4 is 10.1 Å². The van der Waals surface area contributed by atoms with E-state index in [2.05, 4.69) is 15.3 Å². The zero-order valence-electron chi connectivity index (χ0n) is 11.7. The number of hydrogen-bond acceptors (Lipinski definition) is 5. The first-order chi connectivity index (χ1) is 10.7. The van der Waals surface area contributed by atoms with E-state index in [0.29, 0.717) is 28.2 Å². The first-order valence-corrected chi connectivity index (χ1v) is 7.81. The monoisotopic (exact) mass is 333 g/mol. The van der Waals surface area contributed by atoms with Crippen LogP contribution >= 0.6 is 22.9 Å². The number of aromatic nitrogens is 2. The maximum absolute atomic E-state index is 12.3. The summed E-state index contributed by atoms with van der Waals surface area (Å²) < 4.78 is 6.21. The van der Waals surface area contributed by atoms with Gasteiger partial charge in [-0.05, 0) is 31.2 Å². The molecule has 0 aliphatic rings. The van der Waals surface area contributed by atoms with Crippen molar-refractivity contribution in [3.8, 4) is 5.88 Å². The molecule has 2 heterocycles. The third-order valence-corrected chi connectivity index (χ3v) is 4.03. The van der Waals surface area contributed by atoms with E-state index in [1.54, 1.807) is 18.2 Å². The van der Waals surface area contributed by atoms with E-state index in [9.17, 15) is 4.79 Å². The molecule has 0 radical (unpaired) electrons. The van der Waals surface area contributed by atoms with E-state index in [1.165, 1.54) is 17.5 Å². The number of nitrogens with one attached hydrogen (secondary N) is 1. The summed E-state index contributed by atoms with van der Waals surface area (Å²) >= 11 is 7.32. The minimum absolute atomic E-state index is 0.256. The number of hydrogen-bond donors (Lipinski definition) is 1. The molecule has 1 aromatic carbocycles. The fraction of sp³-hybridized carbons (Fsp3) is 0.133. The van der Waals surface area contributed by atoms with Crippen LogP contribution in [0.15, 0.2) is 36.5 Å². The Labute approximate surface area is 135 Å². The fourth-order valence-electron chi connectivity index (χ4n) is 1.90. The molecule has 3 rings (SSSR count). The van der Waals surface area contributed by atoms with E-state index < -0.39 is 0 Å².